The van der Waals surface area contributed by atoms with E-state index in [1.165, 1.54) is 13.3 Å². The van der Waals surface area contributed by atoms with E-state index in [-0.39, 0.29) is 40.2 Å². The first-order valence-corrected chi connectivity index (χ1v) is 14.2. The third kappa shape index (κ3) is 6.72. The number of ether oxygens (including phenoxy) is 1. The average molecular weight is 615 g/mol. The van der Waals surface area contributed by atoms with Gasteiger partial charge in [0.25, 0.3) is 17.7 Å². The molecule has 5 rings (SSSR count). The van der Waals surface area contributed by atoms with Gasteiger partial charge in [0.1, 0.15) is 10.8 Å². The van der Waals surface area contributed by atoms with Crippen molar-refractivity contribution in [3.05, 3.63) is 88.6 Å². The van der Waals surface area contributed by atoms with E-state index in [0.717, 1.165) is 18.5 Å². The highest BCUT2D eigenvalue weighted by Gasteiger charge is 2.23. The minimum absolute atomic E-state index is 0.0130. The molecule has 0 spiro atoms. The summed E-state index contributed by atoms with van der Waals surface area (Å²) in [7, 11) is 3.08. The van der Waals surface area contributed by atoms with Crippen molar-refractivity contribution in [2.24, 2.45) is 5.73 Å². The zero-order chi connectivity index (χ0) is 31.2. The van der Waals surface area contributed by atoms with Crippen molar-refractivity contribution in [3.8, 4) is 16.9 Å². The first-order valence-electron chi connectivity index (χ1n) is 13.8. The average Bonchev–Trinajstić information content (AvgIpc) is 3.55. The number of methoxy groups -OCH3 is 1. The summed E-state index contributed by atoms with van der Waals surface area (Å²) in [5.41, 5.74) is 8.85. The molecule has 0 unspecified atom stereocenters. The number of halogens is 1. The Bertz CT molecular complexity index is 1710. The predicted molar refractivity (Wildman–Crippen MR) is 169 cm³/mol. The largest absolute Gasteiger partial charge is 0.495 e. The SMILES string of the molecule is CNC(=O)c1ccc(-c2cc(OC)c(Nc3ncc(Cl)c(Nc4ccccc4C(N)=O)n3)cc2C(=O)N[C@@H]2CCNC2)cc1. The van der Waals surface area contributed by atoms with E-state index >= 15 is 0 Å². The number of amides is 3. The van der Waals surface area contributed by atoms with Crippen LogP contribution in [0.5, 0.6) is 5.75 Å². The number of carbonyl (C=O) groups is 3. The molecule has 0 radical (unpaired) electrons. The van der Waals surface area contributed by atoms with E-state index in [2.05, 4.69) is 36.6 Å². The molecule has 12 nitrogen and oxygen atoms in total. The molecule has 4 aromatic rings. The van der Waals surface area contributed by atoms with Gasteiger partial charge in [-0.1, -0.05) is 35.9 Å². The van der Waals surface area contributed by atoms with E-state index in [4.69, 9.17) is 22.1 Å². The molecule has 0 bridgehead atoms. The number of carbonyl (C=O) groups excluding carboxylic acids is 3. The van der Waals surface area contributed by atoms with Crippen molar-refractivity contribution in [2.75, 3.05) is 37.9 Å². The molecule has 44 heavy (non-hydrogen) atoms. The number of aromatic nitrogens is 2. The maximum Gasteiger partial charge on any atom is 0.252 e. The summed E-state index contributed by atoms with van der Waals surface area (Å²) < 4.78 is 5.70. The van der Waals surface area contributed by atoms with Gasteiger partial charge in [-0.25, -0.2) is 4.98 Å². The van der Waals surface area contributed by atoms with Crippen molar-refractivity contribution in [1.29, 1.82) is 0 Å². The molecule has 1 saturated heterocycles. The van der Waals surface area contributed by atoms with Crippen LogP contribution in [0.4, 0.5) is 23.1 Å². The number of nitrogens with two attached hydrogens (primary N) is 1. The third-order valence-electron chi connectivity index (χ3n) is 7.10. The van der Waals surface area contributed by atoms with E-state index in [1.807, 2.05) is 0 Å². The Morgan fingerprint density at radius 1 is 1.00 bits per heavy atom. The summed E-state index contributed by atoms with van der Waals surface area (Å²) in [5, 5.41) is 15.3. The highest BCUT2D eigenvalue weighted by atomic mass is 35.5. The molecule has 1 aromatic heterocycles. The van der Waals surface area contributed by atoms with Gasteiger partial charge in [-0.05, 0) is 60.5 Å². The van der Waals surface area contributed by atoms with Crippen LogP contribution in [0.1, 0.15) is 37.5 Å². The van der Waals surface area contributed by atoms with Gasteiger partial charge >= 0.3 is 0 Å². The lowest BCUT2D eigenvalue weighted by Gasteiger charge is -2.19. The summed E-state index contributed by atoms with van der Waals surface area (Å²) in [6, 6.07) is 17.1. The summed E-state index contributed by atoms with van der Waals surface area (Å²) in [4.78, 5) is 46.4. The number of hydrogen-bond acceptors (Lipinski definition) is 9. The van der Waals surface area contributed by atoms with Crippen molar-refractivity contribution >= 4 is 52.5 Å². The Morgan fingerprint density at radius 2 is 1.77 bits per heavy atom. The first kappa shape index (κ1) is 30.3. The number of nitrogens with zero attached hydrogens (tertiary/aromatic N) is 2. The molecule has 1 atom stereocenters. The van der Waals surface area contributed by atoms with Gasteiger partial charge < -0.3 is 37.1 Å². The highest BCUT2D eigenvalue weighted by Crippen LogP contribution is 2.36. The van der Waals surface area contributed by atoms with Crippen molar-refractivity contribution in [3.63, 3.8) is 0 Å². The van der Waals surface area contributed by atoms with Crippen molar-refractivity contribution in [1.82, 2.24) is 25.9 Å². The van der Waals surface area contributed by atoms with Crippen molar-refractivity contribution in [2.45, 2.75) is 12.5 Å². The van der Waals surface area contributed by atoms with E-state index in [1.54, 1.807) is 67.7 Å². The zero-order valence-corrected chi connectivity index (χ0v) is 24.8. The molecule has 1 fully saturated rings. The van der Waals surface area contributed by atoms with Crippen LogP contribution < -0.4 is 37.1 Å². The Kier molecular flexibility index (Phi) is 9.22. The summed E-state index contributed by atoms with van der Waals surface area (Å²) in [6.07, 6.45) is 2.22. The minimum atomic E-state index is -0.607. The molecule has 1 aliphatic rings. The van der Waals surface area contributed by atoms with E-state index in [0.29, 0.717) is 40.4 Å². The molecule has 7 N–H and O–H groups in total. The molecular weight excluding hydrogens is 584 g/mol. The maximum atomic E-state index is 13.6. The summed E-state index contributed by atoms with van der Waals surface area (Å²) >= 11 is 6.38. The van der Waals surface area contributed by atoms with Crippen LogP contribution in [0, 0.1) is 0 Å². The third-order valence-corrected chi connectivity index (χ3v) is 7.38. The molecule has 226 valence electrons. The van der Waals surface area contributed by atoms with Crippen LogP contribution in [0.25, 0.3) is 11.1 Å². The lowest BCUT2D eigenvalue weighted by Crippen LogP contribution is -2.36. The molecule has 13 heteroatoms. The van der Waals surface area contributed by atoms with Crippen LogP contribution in [0.3, 0.4) is 0 Å². The molecular formula is C31H31ClN8O4. The smallest absolute Gasteiger partial charge is 0.252 e. The van der Waals surface area contributed by atoms with Gasteiger partial charge in [0.05, 0.1) is 30.2 Å². The van der Waals surface area contributed by atoms with Gasteiger partial charge in [0.2, 0.25) is 5.95 Å². The second kappa shape index (κ2) is 13.4. The lowest BCUT2D eigenvalue weighted by atomic mass is 9.96. The van der Waals surface area contributed by atoms with Crippen LogP contribution in [-0.2, 0) is 0 Å². The van der Waals surface area contributed by atoms with Crippen LogP contribution in [-0.4, -0.2) is 61.0 Å². The second-order valence-electron chi connectivity index (χ2n) is 9.97. The Hall–Kier alpha value is -5.20. The topological polar surface area (TPSA) is 172 Å². The van der Waals surface area contributed by atoms with Gasteiger partial charge in [0.15, 0.2) is 5.82 Å². The number of para-hydroxylation sites is 1. The lowest BCUT2D eigenvalue weighted by molar-refractivity contribution is 0.0937. The standard InChI is InChI=1S/C31H31ClN8O4/c1-34-29(42)18-9-7-17(8-10-18)21-14-26(44-2)25(13-22(21)30(43)37-19-11-12-35-15-19)39-31-36-16-23(32)28(40-31)38-24-6-4-3-5-20(24)27(33)41/h3-10,13-14,16,19,35H,11-12,15H2,1-2H3,(H2,33,41)(H,34,42)(H,37,43)(H2,36,38,39,40)/t19-/m1/s1. The number of anilines is 4. The van der Waals surface area contributed by atoms with E-state index < -0.39 is 5.91 Å². The Labute approximate surface area is 258 Å². The molecule has 2 heterocycles. The Morgan fingerprint density at radius 3 is 2.45 bits per heavy atom. The van der Waals surface area contributed by atoms with Gasteiger partial charge in [-0.2, -0.15) is 4.98 Å². The van der Waals surface area contributed by atoms with Crippen LogP contribution >= 0.6 is 11.6 Å². The summed E-state index contributed by atoms with van der Waals surface area (Å²) in [5.74, 6) is -0.282. The fourth-order valence-corrected chi connectivity index (χ4v) is 4.97. The number of benzene rings is 3. The van der Waals surface area contributed by atoms with Gasteiger partial charge in [-0.3, -0.25) is 14.4 Å². The predicted octanol–water partition coefficient (Wildman–Crippen LogP) is 3.84. The van der Waals surface area contributed by atoms with Crippen LogP contribution in [0.2, 0.25) is 5.02 Å². The number of nitrogens with one attached hydrogen (secondary N) is 5. The fraction of sp³-hybridized carbons (Fsp3) is 0.194. The fourth-order valence-electron chi connectivity index (χ4n) is 4.83. The quantitative estimate of drug-likeness (QED) is 0.155. The van der Waals surface area contributed by atoms with Crippen molar-refractivity contribution < 1.29 is 19.1 Å². The van der Waals surface area contributed by atoms with Crippen LogP contribution in [0.15, 0.2) is 66.9 Å². The molecule has 3 aromatic carbocycles. The monoisotopic (exact) mass is 614 g/mol. The minimum Gasteiger partial charge on any atom is -0.495 e. The summed E-state index contributed by atoms with van der Waals surface area (Å²) in [6.45, 7) is 1.50. The van der Waals surface area contributed by atoms with Gasteiger partial charge in [-0.15, -0.1) is 0 Å². The number of primary amides is 1. The zero-order valence-electron chi connectivity index (χ0n) is 24.0. The number of rotatable bonds is 10. The highest BCUT2D eigenvalue weighted by molar-refractivity contribution is 6.33. The van der Waals surface area contributed by atoms with Gasteiger partial charge in [0, 0.05) is 30.8 Å². The first-order chi connectivity index (χ1) is 21.3. The second-order valence-corrected chi connectivity index (χ2v) is 10.4. The number of hydrogen-bond donors (Lipinski definition) is 6. The molecule has 3 amide bonds. The van der Waals surface area contributed by atoms with E-state index in [9.17, 15) is 14.4 Å². The molecule has 1 aliphatic heterocycles. The molecule has 0 aliphatic carbocycles. The maximum absolute atomic E-state index is 13.6. The Balaban J connectivity index is 1.52. The molecule has 0 saturated carbocycles. The normalized spacial score (nSPS) is 14.0.